The second-order valence-electron chi connectivity index (χ2n) is 5.22. The summed E-state index contributed by atoms with van der Waals surface area (Å²) in [5, 5.41) is 0. The van der Waals surface area contributed by atoms with Crippen LogP contribution >= 0.6 is 27.3 Å². The van der Waals surface area contributed by atoms with Crippen LogP contribution in [0.3, 0.4) is 0 Å². The molecule has 1 unspecified atom stereocenters. The van der Waals surface area contributed by atoms with E-state index in [0.29, 0.717) is 17.4 Å². The van der Waals surface area contributed by atoms with E-state index in [0.717, 1.165) is 33.9 Å². The minimum Gasteiger partial charge on any atom is -0.335 e. The Labute approximate surface area is 136 Å². The second kappa shape index (κ2) is 5.83. The molecule has 0 saturated heterocycles. The number of halogens is 1. The Hall–Kier alpha value is -0.700. The van der Waals surface area contributed by atoms with Crippen molar-refractivity contribution >= 4 is 37.3 Å². The van der Waals surface area contributed by atoms with Crippen molar-refractivity contribution < 1.29 is 8.42 Å². The van der Waals surface area contributed by atoms with Gasteiger partial charge in [-0.3, -0.25) is 0 Å². The van der Waals surface area contributed by atoms with Crippen LogP contribution < -0.4 is 4.72 Å². The normalized spacial score (nSPS) is 18.7. The van der Waals surface area contributed by atoms with Gasteiger partial charge in [-0.1, -0.05) is 0 Å². The number of nitrogens with zero attached hydrogens (tertiary/aromatic N) is 2. The first-order chi connectivity index (χ1) is 9.95. The molecule has 1 N–H and O–H groups in total. The zero-order valence-corrected chi connectivity index (χ0v) is 14.8. The maximum atomic E-state index is 12.4. The monoisotopic (exact) mass is 389 g/mol. The SMILES string of the molecule is Cc1sc(Br)cc1S(=O)(=O)NCC1CCn2ccnc2C1. The molecule has 21 heavy (non-hydrogen) atoms. The zero-order valence-electron chi connectivity index (χ0n) is 11.5. The molecule has 0 amide bonds. The summed E-state index contributed by atoms with van der Waals surface area (Å²) in [6, 6.07) is 1.66. The van der Waals surface area contributed by atoms with Crippen LogP contribution in [0.25, 0.3) is 0 Å². The van der Waals surface area contributed by atoms with Crippen molar-refractivity contribution in [3.05, 3.63) is 32.9 Å². The van der Waals surface area contributed by atoms with E-state index in [1.807, 2.05) is 13.1 Å². The van der Waals surface area contributed by atoms with Crippen LogP contribution in [0.4, 0.5) is 0 Å². The van der Waals surface area contributed by atoms with Gasteiger partial charge in [0.05, 0.1) is 8.68 Å². The summed E-state index contributed by atoms with van der Waals surface area (Å²) >= 11 is 4.77. The zero-order chi connectivity index (χ0) is 15.0. The summed E-state index contributed by atoms with van der Waals surface area (Å²) in [5.41, 5.74) is 0. The van der Waals surface area contributed by atoms with Crippen molar-refractivity contribution in [3.8, 4) is 0 Å². The third-order valence-corrected chi connectivity index (χ3v) is 6.98. The molecule has 0 saturated carbocycles. The number of sulfonamides is 1. The molecule has 1 atom stereocenters. The fourth-order valence-electron chi connectivity index (χ4n) is 2.59. The molecule has 0 aromatic carbocycles. The van der Waals surface area contributed by atoms with Gasteiger partial charge < -0.3 is 4.57 Å². The quantitative estimate of drug-likeness (QED) is 0.873. The topological polar surface area (TPSA) is 64.0 Å². The number of fused-ring (bicyclic) bond motifs is 1. The van der Waals surface area contributed by atoms with Crippen molar-refractivity contribution in [2.24, 2.45) is 5.92 Å². The molecule has 1 aliphatic heterocycles. The highest BCUT2D eigenvalue weighted by atomic mass is 79.9. The van der Waals surface area contributed by atoms with Gasteiger partial charge in [-0.05, 0) is 41.3 Å². The van der Waals surface area contributed by atoms with Gasteiger partial charge in [0.15, 0.2) is 0 Å². The van der Waals surface area contributed by atoms with Crippen molar-refractivity contribution in [1.29, 1.82) is 0 Å². The number of hydrogen-bond acceptors (Lipinski definition) is 4. The highest BCUT2D eigenvalue weighted by Crippen LogP contribution is 2.29. The van der Waals surface area contributed by atoms with Crippen molar-refractivity contribution in [1.82, 2.24) is 14.3 Å². The van der Waals surface area contributed by atoms with E-state index in [1.165, 1.54) is 11.3 Å². The van der Waals surface area contributed by atoms with E-state index in [1.54, 1.807) is 12.3 Å². The van der Waals surface area contributed by atoms with Crippen LogP contribution in [0.2, 0.25) is 0 Å². The summed E-state index contributed by atoms with van der Waals surface area (Å²) in [6.07, 6.45) is 5.57. The highest BCUT2D eigenvalue weighted by Gasteiger charge is 2.23. The lowest BCUT2D eigenvalue weighted by atomic mass is 9.98. The molecular weight excluding hydrogens is 374 g/mol. The number of rotatable bonds is 4. The third kappa shape index (κ3) is 3.23. The Kier molecular flexibility index (Phi) is 4.22. The van der Waals surface area contributed by atoms with Crippen LogP contribution in [0.5, 0.6) is 0 Å². The molecule has 2 aromatic heterocycles. The molecule has 0 aliphatic carbocycles. The van der Waals surface area contributed by atoms with Gasteiger partial charge in [-0.2, -0.15) is 0 Å². The molecule has 1 aliphatic rings. The lowest BCUT2D eigenvalue weighted by Crippen LogP contribution is -2.33. The van der Waals surface area contributed by atoms with Gasteiger partial charge >= 0.3 is 0 Å². The van der Waals surface area contributed by atoms with E-state index in [4.69, 9.17) is 0 Å². The minimum atomic E-state index is -3.43. The Balaban J connectivity index is 1.67. The van der Waals surface area contributed by atoms with Gasteiger partial charge in [0.2, 0.25) is 10.0 Å². The molecule has 0 fully saturated rings. The van der Waals surface area contributed by atoms with E-state index < -0.39 is 10.0 Å². The van der Waals surface area contributed by atoms with Gasteiger partial charge in [0.1, 0.15) is 5.82 Å². The lowest BCUT2D eigenvalue weighted by molar-refractivity contribution is 0.379. The average molecular weight is 390 g/mol. The average Bonchev–Trinajstić information content (AvgIpc) is 3.02. The number of thiophene rings is 1. The second-order valence-corrected chi connectivity index (χ2v) is 9.59. The highest BCUT2D eigenvalue weighted by molar-refractivity contribution is 9.11. The molecular formula is C13H16BrN3O2S2. The van der Waals surface area contributed by atoms with Gasteiger partial charge in [-0.25, -0.2) is 18.1 Å². The van der Waals surface area contributed by atoms with E-state index in [9.17, 15) is 8.42 Å². The standard InChI is InChI=1S/C13H16BrN3O2S2/c1-9-11(7-12(14)20-9)21(18,19)16-8-10-2-4-17-5-3-15-13(17)6-10/h3,5,7,10,16H,2,4,6,8H2,1H3. The Morgan fingerprint density at radius 1 is 1.57 bits per heavy atom. The Bertz CT molecular complexity index is 751. The first-order valence-corrected chi connectivity index (χ1v) is 9.80. The largest absolute Gasteiger partial charge is 0.335 e. The first-order valence-electron chi connectivity index (χ1n) is 6.71. The predicted molar refractivity (Wildman–Crippen MR) is 86.0 cm³/mol. The summed E-state index contributed by atoms with van der Waals surface area (Å²) in [7, 11) is -3.43. The van der Waals surface area contributed by atoms with Crippen molar-refractivity contribution in [2.45, 2.75) is 31.2 Å². The molecule has 114 valence electrons. The summed E-state index contributed by atoms with van der Waals surface area (Å²) in [4.78, 5) is 5.48. The Morgan fingerprint density at radius 2 is 2.38 bits per heavy atom. The maximum Gasteiger partial charge on any atom is 0.241 e. The molecule has 3 heterocycles. The molecule has 2 aromatic rings. The molecule has 0 radical (unpaired) electrons. The third-order valence-electron chi connectivity index (χ3n) is 3.74. The fraction of sp³-hybridized carbons (Fsp3) is 0.462. The van der Waals surface area contributed by atoms with E-state index in [2.05, 4.69) is 30.2 Å². The number of imidazole rings is 1. The summed E-state index contributed by atoms with van der Waals surface area (Å²) in [5.74, 6) is 1.34. The van der Waals surface area contributed by atoms with E-state index in [-0.39, 0.29) is 0 Å². The molecule has 0 bridgehead atoms. The van der Waals surface area contributed by atoms with Crippen molar-refractivity contribution in [3.63, 3.8) is 0 Å². The molecule has 5 nitrogen and oxygen atoms in total. The van der Waals surface area contributed by atoms with Gasteiger partial charge in [0, 0.05) is 36.8 Å². The number of aromatic nitrogens is 2. The fourth-order valence-corrected chi connectivity index (χ4v) is 6.12. The lowest BCUT2D eigenvalue weighted by Gasteiger charge is -2.23. The van der Waals surface area contributed by atoms with Crippen LogP contribution in [0.1, 0.15) is 17.1 Å². The molecule has 3 rings (SSSR count). The molecule has 8 heteroatoms. The minimum absolute atomic E-state index is 0.303. The van der Waals surface area contributed by atoms with Crippen LogP contribution in [-0.2, 0) is 23.0 Å². The summed E-state index contributed by atoms with van der Waals surface area (Å²) < 4.78 is 30.4. The van der Waals surface area contributed by atoms with Crippen LogP contribution in [-0.4, -0.2) is 24.5 Å². The maximum absolute atomic E-state index is 12.4. The van der Waals surface area contributed by atoms with E-state index >= 15 is 0 Å². The first kappa shape index (κ1) is 15.2. The Morgan fingerprint density at radius 3 is 3.10 bits per heavy atom. The van der Waals surface area contributed by atoms with Crippen molar-refractivity contribution in [2.75, 3.05) is 6.54 Å². The number of aryl methyl sites for hydroxylation is 2. The van der Waals surface area contributed by atoms with Crippen LogP contribution in [0.15, 0.2) is 27.1 Å². The van der Waals surface area contributed by atoms with Crippen LogP contribution in [0, 0.1) is 12.8 Å². The number of hydrogen-bond donors (Lipinski definition) is 1. The smallest absolute Gasteiger partial charge is 0.241 e. The molecule has 0 spiro atoms. The van der Waals surface area contributed by atoms with Gasteiger partial charge in [0.25, 0.3) is 0 Å². The predicted octanol–water partition coefficient (Wildman–Crippen LogP) is 2.56. The summed E-state index contributed by atoms with van der Waals surface area (Å²) in [6.45, 7) is 3.19. The van der Waals surface area contributed by atoms with Gasteiger partial charge in [-0.15, -0.1) is 11.3 Å². The number of nitrogens with one attached hydrogen (secondary N) is 1.